The van der Waals surface area contributed by atoms with E-state index in [0.29, 0.717) is 18.2 Å². The fraction of sp³-hybridized carbons (Fsp3) is 0.429. The summed E-state index contributed by atoms with van der Waals surface area (Å²) in [6.07, 6.45) is 0. The quantitative estimate of drug-likeness (QED) is 0.629. The lowest BCUT2D eigenvalue weighted by Crippen LogP contribution is -2.20. The van der Waals surface area contributed by atoms with E-state index in [-0.39, 0.29) is 11.8 Å². The fourth-order valence-corrected chi connectivity index (χ4v) is 2.33. The molecule has 108 valence electrons. The summed E-state index contributed by atoms with van der Waals surface area (Å²) < 4.78 is 12.1. The number of halogens is 1. The minimum Gasteiger partial charge on any atom is -0.497 e. The number of carbonyl (C=O) groups excluding carboxylic acids is 1. The maximum absolute atomic E-state index is 12.0. The number of rotatable bonds is 5. The van der Waals surface area contributed by atoms with Crippen molar-refractivity contribution < 1.29 is 14.3 Å². The second kappa shape index (κ2) is 6.13. The number of ether oxygens (including phenoxy) is 2. The molecule has 0 radical (unpaired) electrons. The van der Waals surface area contributed by atoms with Gasteiger partial charge in [-0.05, 0) is 26.0 Å². The van der Waals surface area contributed by atoms with Crippen LogP contribution in [0.4, 0.5) is 0 Å². The van der Waals surface area contributed by atoms with Crippen molar-refractivity contribution in [2.24, 2.45) is 0 Å². The van der Waals surface area contributed by atoms with Crippen molar-refractivity contribution in [1.82, 2.24) is 9.55 Å². The first-order valence-corrected chi connectivity index (χ1v) is 6.93. The van der Waals surface area contributed by atoms with Crippen LogP contribution >= 0.6 is 11.6 Å². The van der Waals surface area contributed by atoms with Gasteiger partial charge in [-0.1, -0.05) is 0 Å². The molecule has 20 heavy (non-hydrogen) atoms. The summed E-state index contributed by atoms with van der Waals surface area (Å²) in [6.45, 7) is 3.89. The van der Waals surface area contributed by atoms with Gasteiger partial charge in [-0.3, -0.25) is 0 Å². The molecular formula is C14H17ClN2O3. The Hall–Kier alpha value is -1.75. The zero-order chi connectivity index (χ0) is 14.7. The van der Waals surface area contributed by atoms with Crippen LogP contribution in [0.1, 0.15) is 25.7 Å². The van der Waals surface area contributed by atoms with E-state index in [1.54, 1.807) is 25.5 Å². The molecule has 0 saturated heterocycles. The molecule has 0 aliphatic carbocycles. The number of alkyl halides is 1. The highest BCUT2D eigenvalue weighted by atomic mass is 35.5. The lowest BCUT2D eigenvalue weighted by Gasteiger charge is -2.15. The van der Waals surface area contributed by atoms with Crippen molar-refractivity contribution >= 4 is 28.6 Å². The first-order valence-electron chi connectivity index (χ1n) is 6.39. The van der Waals surface area contributed by atoms with Crippen LogP contribution in [0.15, 0.2) is 18.2 Å². The predicted molar refractivity (Wildman–Crippen MR) is 77.2 cm³/mol. The second-order valence-corrected chi connectivity index (χ2v) is 4.58. The molecule has 1 unspecified atom stereocenters. The summed E-state index contributed by atoms with van der Waals surface area (Å²) in [7, 11) is 1.60. The van der Waals surface area contributed by atoms with Crippen molar-refractivity contribution in [2.75, 3.05) is 13.7 Å². The number of fused-ring (bicyclic) bond motifs is 1. The SMILES string of the molecule is CCOC(=O)C(C)n1c(CCl)nc2ccc(OC)cc21. The number of esters is 1. The molecule has 2 aromatic rings. The van der Waals surface area contributed by atoms with Crippen LogP contribution < -0.4 is 4.74 Å². The topological polar surface area (TPSA) is 53.4 Å². The monoisotopic (exact) mass is 296 g/mol. The number of methoxy groups -OCH3 is 1. The molecular weight excluding hydrogens is 280 g/mol. The Morgan fingerprint density at radius 1 is 1.50 bits per heavy atom. The van der Waals surface area contributed by atoms with E-state index in [1.165, 1.54) is 0 Å². The average Bonchev–Trinajstić information content (AvgIpc) is 2.83. The van der Waals surface area contributed by atoms with Gasteiger partial charge in [0.25, 0.3) is 0 Å². The van der Waals surface area contributed by atoms with Gasteiger partial charge in [0.05, 0.1) is 30.6 Å². The zero-order valence-electron chi connectivity index (χ0n) is 11.7. The van der Waals surface area contributed by atoms with Gasteiger partial charge in [-0.15, -0.1) is 11.6 Å². The molecule has 0 spiro atoms. The Bertz CT molecular complexity index is 624. The van der Waals surface area contributed by atoms with E-state index >= 15 is 0 Å². The third-order valence-electron chi connectivity index (χ3n) is 3.10. The summed E-state index contributed by atoms with van der Waals surface area (Å²) in [5, 5.41) is 0. The van der Waals surface area contributed by atoms with E-state index in [1.807, 2.05) is 18.2 Å². The number of carbonyl (C=O) groups is 1. The van der Waals surface area contributed by atoms with Gasteiger partial charge < -0.3 is 14.0 Å². The van der Waals surface area contributed by atoms with Gasteiger partial charge in [-0.2, -0.15) is 0 Å². The highest BCUT2D eigenvalue weighted by Crippen LogP contribution is 2.26. The van der Waals surface area contributed by atoms with Gasteiger partial charge in [-0.25, -0.2) is 9.78 Å². The Morgan fingerprint density at radius 3 is 2.85 bits per heavy atom. The predicted octanol–water partition coefficient (Wildman–Crippen LogP) is 2.91. The summed E-state index contributed by atoms with van der Waals surface area (Å²) in [5.74, 6) is 1.26. The highest BCUT2D eigenvalue weighted by Gasteiger charge is 2.22. The molecule has 1 heterocycles. The molecule has 0 amide bonds. The van der Waals surface area contributed by atoms with E-state index in [4.69, 9.17) is 21.1 Å². The summed E-state index contributed by atoms with van der Waals surface area (Å²) >= 11 is 5.94. The summed E-state index contributed by atoms with van der Waals surface area (Å²) in [4.78, 5) is 16.4. The average molecular weight is 297 g/mol. The third-order valence-corrected chi connectivity index (χ3v) is 3.34. The van der Waals surface area contributed by atoms with Crippen LogP contribution in [0, 0.1) is 0 Å². The number of aromatic nitrogens is 2. The third kappa shape index (κ3) is 2.58. The first kappa shape index (κ1) is 14.7. The van der Waals surface area contributed by atoms with Gasteiger partial charge >= 0.3 is 5.97 Å². The minimum absolute atomic E-state index is 0.223. The van der Waals surface area contributed by atoms with Gasteiger partial charge in [0.1, 0.15) is 17.6 Å². The van der Waals surface area contributed by atoms with Crippen molar-refractivity contribution in [1.29, 1.82) is 0 Å². The van der Waals surface area contributed by atoms with Crippen molar-refractivity contribution in [2.45, 2.75) is 25.8 Å². The largest absolute Gasteiger partial charge is 0.497 e. The molecule has 5 nitrogen and oxygen atoms in total. The Morgan fingerprint density at radius 2 is 2.25 bits per heavy atom. The zero-order valence-corrected chi connectivity index (χ0v) is 12.5. The van der Waals surface area contributed by atoms with E-state index in [0.717, 1.165) is 11.0 Å². The molecule has 0 N–H and O–H groups in total. The van der Waals surface area contributed by atoms with Gasteiger partial charge in [0.2, 0.25) is 0 Å². The van der Waals surface area contributed by atoms with Crippen LogP contribution in [-0.4, -0.2) is 29.2 Å². The maximum atomic E-state index is 12.0. The van der Waals surface area contributed by atoms with Crippen molar-refractivity contribution in [3.8, 4) is 5.75 Å². The standard InChI is InChI=1S/C14H17ClN2O3/c1-4-20-14(18)9(2)17-12-7-10(19-3)5-6-11(12)16-13(17)8-15/h5-7,9H,4,8H2,1-3H3. The van der Waals surface area contributed by atoms with Crippen LogP contribution in [0.3, 0.4) is 0 Å². The number of imidazole rings is 1. The van der Waals surface area contributed by atoms with Crippen LogP contribution in [0.2, 0.25) is 0 Å². The van der Waals surface area contributed by atoms with Gasteiger partial charge in [0.15, 0.2) is 0 Å². The number of benzene rings is 1. The minimum atomic E-state index is -0.485. The Balaban J connectivity index is 2.56. The molecule has 0 bridgehead atoms. The lowest BCUT2D eigenvalue weighted by atomic mass is 10.2. The number of hydrogen-bond donors (Lipinski definition) is 0. The Kier molecular flexibility index (Phi) is 4.49. The van der Waals surface area contributed by atoms with Crippen LogP contribution in [0.5, 0.6) is 5.75 Å². The summed E-state index contributed by atoms with van der Waals surface area (Å²) in [5.41, 5.74) is 1.58. The molecule has 6 heteroatoms. The molecule has 0 fully saturated rings. The van der Waals surface area contributed by atoms with Crippen LogP contribution in [-0.2, 0) is 15.4 Å². The molecule has 1 aromatic heterocycles. The number of hydrogen-bond acceptors (Lipinski definition) is 4. The normalized spacial score (nSPS) is 12.4. The van der Waals surface area contributed by atoms with Gasteiger partial charge in [0, 0.05) is 6.07 Å². The summed E-state index contributed by atoms with van der Waals surface area (Å²) in [6, 6.07) is 5.03. The van der Waals surface area contributed by atoms with Crippen molar-refractivity contribution in [3.63, 3.8) is 0 Å². The molecule has 0 saturated carbocycles. The van der Waals surface area contributed by atoms with E-state index in [2.05, 4.69) is 4.98 Å². The number of nitrogens with zero attached hydrogens (tertiary/aromatic N) is 2. The molecule has 0 aliphatic rings. The Labute approximate surface area is 122 Å². The molecule has 1 aromatic carbocycles. The smallest absolute Gasteiger partial charge is 0.328 e. The molecule has 2 rings (SSSR count). The highest BCUT2D eigenvalue weighted by molar-refractivity contribution is 6.16. The second-order valence-electron chi connectivity index (χ2n) is 4.31. The fourth-order valence-electron chi connectivity index (χ4n) is 2.14. The van der Waals surface area contributed by atoms with Crippen LogP contribution in [0.25, 0.3) is 11.0 Å². The lowest BCUT2D eigenvalue weighted by molar-refractivity contribution is -0.146. The first-order chi connectivity index (χ1) is 9.62. The maximum Gasteiger partial charge on any atom is 0.328 e. The van der Waals surface area contributed by atoms with E-state index < -0.39 is 6.04 Å². The molecule has 1 atom stereocenters. The van der Waals surface area contributed by atoms with Crippen molar-refractivity contribution in [3.05, 3.63) is 24.0 Å². The molecule has 0 aliphatic heterocycles. The van der Waals surface area contributed by atoms with E-state index in [9.17, 15) is 4.79 Å².